The fourth-order valence-electron chi connectivity index (χ4n) is 3.57. The first-order valence-corrected chi connectivity index (χ1v) is 9.64. The van der Waals surface area contributed by atoms with Gasteiger partial charge in [-0.05, 0) is 11.5 Å². The molecule has 2 fully saturated rings. The van der Waals surface area contributed by atoms with Gasteiger partial charge in [-0.3, -0.25) is 4.90 Å². The fraction of sp³-hybridized carbons (Fsp3) is 0.667. The van der Waals surface area contributed by atoms with Gasteiger partial charge in [-0.1, -0.05) is 37.3 Å². The minimum Gasteiger partial charge on any atom is -0.379 e. The van der Waals surface area contributed by atoms with Gasteiger partial charge in [0, 0.05) is 50.3 Å². The Morgan fingerprint density at radius 3 is 2.68 bits per heavy atom. The lowest BCUT2D eigenvalue weighted by Gasteiger charge is -2.34. The molecule has 1 aromatic carbocycles. The molecule has 0 radical (unpaired) electrons. The summed E-state index contributed by atoms with van der Waals surface area (Å²) in [7, 11) is 0. The Hall–Kier alpha value is -0.550. The highest BCUT2D eigenvalue weighted by Crippen LogP contribution is 2.23. The van der Waals surface area contributed by atoms with Crippen molar-refractivity contribution in [3.8, 4) is 0 Å². The van der Waals surface area contributed by atoms with Crippen molar-refractivity contribution >= 4 is 11.8 Å². The molecule has 122 valence electrons. The lowest BCUT2D eigenvalue weighted by Crippen LogP contribution is -2.46. The van der Waals surface area contributed by atoms with Crippen molar-refractivity contribution in [2.75, 3.05) is 51.7 Å². The Kier molecular flexibility index (Phi) is 6.19. The summed E-state index contributed by atoms with van der Waals surface area (Å²) in [6.07, 6.45) is 0. The molecule has 1 aromatic rings. The summed E-state index contributed by atoms with van der Waals surface area (Å²) >= 11 is 2.06. The van der Waals surface area contributed by atoms with Crippen LogP contribution >= 0.6 is 11.8 Å². The predicted octanol–water partition coefficient (Wildman–Crippen LogP) is 2.57. The first-order valence-electron chi connectivity index (χ1n) is 8.49. The molecule has 3 nitrogen and oxygen atoms in total. The van der Waals surface area contributed by atoms with Gasteiger partial charge in [-0.2, -0.15) is 11.8 Å². The van der Waals surface area contributed by atoms with Gasteiger partial charge in [0.15, 0.2) is 0 Å². The second-order valence-corrected chi connectivity index (χ2v) is 7.60. The van der Waals surface area contributed by atoms with E-state index in [1.54, 1.807) is 0 Å². The summed E-state index contributed by atoms with van der Waals surface area (Å²) in [5.74, 6) is 3.16. The van der Waals surface area contributed by atoms with E-state index in [4.69, 9.17) is 4.74 Å². The van der Waals surface area contributed by atoms with E-state index in [2.05, 4.69) is 58.8 Å². The molecule has 0 aromatic heterocycles. The Balaban J connectivity index is 1.37. The lowest BCUT2D eigenvalue weighted by molar-refractivity contribution is 0.0119. The third-order valence-corrected chi connectivity index (χ3v) is 5.84. The first-order chi connectivity index (χ1) is 10.8. The SMILES string of the molecule is C[C@@H]1CN(CCSCc2ccccc2)C[C@H]1N1CCOCC1. The minimum atomic E-state index is 0.739. The van der Waals surface area contributed by atoms with Gasteiger partial charge in [0.05, 0.1) is 13.2 Å². The van der Waals surface area contributed by atoms with Crippen LogP contribution in [-0.2, 0) is 10.5 Å². The maximum Gasteiger partial charge on any atom is 0.0594 e. The minimum absolute atomic E-state index is 0.739. The smallest absolute Gasteiger partial charge is 0.0594 e. The second kappa shape index (κ2) is 8.34. The molecule has 0 amide bonds. The standard InChI is InChI=1S/C18H28N2OS/c1-16-13-19(14-18(16)20-7-10-21-11-8-20)9-12-22-15-17-5-3-2-4-6-17/h2-6,16,18H,7-15H2,1H3/t16-,18-/m1/s1. The van der Waals surface area contributed by atoms with Gasteiger partial charge < -0.3 is 9.64 Å². The van der Waals surface area contributed by atoms with Crippen molar-refractivity contribution < 1.29 is 4.74 Å². The average molecular weight is 321 g/mol. The maximum absolute atomic E-state index is 5.48. The number of hydrogen-bond donors (Lipinski definition) is 0. The second-order valence-electron chi connectivity index (χ2n) is 6.49. The number of morpholine rings is 1. The van der Waals surface area contributed by atoms with Crippen LogP contribution in [0, 0.1) is 5.92 Å². The van der Waals surface area contributed by atoms with Crippen LogP contribution in [0.5, 0.6) is 0 Å². The van der Waals surface area contributed by atoms with Crippen molar-refractivity contribution in [2.45, 2.75) is 18.7 Å². The number of benzene rings is 1. The molecular weight excluding hydrogens is 292 g/mol. The highest BCUT2D eigenvalue weighted by atomic mass is 32.2. The summed E-state index contributed by atoms with van der Waals surface area (Å²) in [5, 5.41) is 0. The van der Waals surface area contributed by atoms with Gasteiger partial charge in [0.1, 0.15) is 0 Å². The molecule has 0 N–H and O–H groups in total. The molecule has 0 spiro atoms. The van der Waals surface area contributed by atoms with Gasteiger partial charge >= 0.3 is 0 Å². The quantitative estimate of drug-likeness (QED) is 0.748. The van der Waals surface area contributed by atoms with Crippen LogP contribution in [0.4, 0.5) is 0 Å². The van der Waals surface area contributed by atoms with E-state index in [0.717, 1.165) is 44.0 Å². The predicted molar refractivity (Wildman–Crippen MR) is 94.4 cm³/mol. The van der Waals surface area contributed by atoms with E-state index in [1.807, 2.05) is 0 Å². The van der Waals surface area contributed by atoms with Crippen LogP contribution in [0.1, 0.15) is 12.5 Å². The van der Waals surface area contributed by atoms with E-state index in [1.165, 1.54) is 31.0 Å². The highest BCUT2D eigenvalue weighted by Gasteiger charge is 2.33. The summed E-state index contributed by atoms with van der Waals surface area (Å²) in [4.78, 5) is 5.30. The zero-order valence-corrected chi connectivity index (χ0v) is 14.4. The molecule has 2 aliphatic rings. The molecule has 3 rings (SSSR count). The molecule has 2 saturated heterocycles. The summed E-state index contributed by atoms with van der Waals surface area (Å²) in [6, 6.07) is 11.5. The number of hydrogen-bond acceptors (Lipinski definition) is 4. The highest BCUT2D eigenvalue weighted by molar-refractivity contribution is 7.98. The molecule has 0 bridgehead atoms. The zero-order chi connectivity index (χ0) is 15.2. The van der Waals surface area contributed by atoms with E-state index < -0.39 is 0 Å². The van der Waals surface area contributed by atoms with Crippen molar-refractivity contribution in [3.05, 3.63) is 35.9 Å². The monoisotopic (exact) mass is 320 g/mol. The number of rotatable bonds is 6. The van der Waals surface area contributed by atoms with Crippen LogP contribution in [0.2, 0.25) is 0 Å². The molecule has 0 unspecified atom stereocenters. The largest absolute Gasteiger partial charge is 0.379 e. The summed E-state index contributed by atoms with van der Waals surface area (Å²) in [6.45, 7) is 10.2. The first kappa shape index (κ1) is 16.3. The van der Waals surface area contributed by atoms with E-state index in [-0.39, 0.29) is 0 Å². The number of ether oxygens (including phenoxy) is 1. The Bertz CT molecular complexity index is 436. The third kappa shape index (κ3) is 4.48. The van der Waals surface area contributed by atoms with Crippen LogP contribution in [0.3, 0.4) is 0 Å². The van der Waals surface area contributed by atoms with E-state index in [9.17, 15) is 0 Å². The molecule has 0 aliphatic carbocycles. The Morgan fingerprint density at radius 2 is 1.91 bits per heavy atom. The van der Waals surface area contributed by atoms with Crippen molar-refractivity contribution in [1.82, 2.24) is 9.80 Å². The van der Waals surface area contributed by atoms with Crippen molar-refractivity contribution in [1.29, 1.82) is 0 Å². The molecule has 4 heteroatoms. The molecule has 2 atom stereocenters. The van der Waals surface area contributed by atoms with Crippen molar-refractivity contribution in [3.63, 3.8) is 0 Å². The zero-order valence-electron chi connectivity index (χ0n) is 13.6. The number of nitrogens with zero attached hydrogens (tertiary/aromatic N) is 2. The summed E-state index contributed by atoms with van der Waals surface area (Å²) < 4.78 is 5.48. The number of likely N-dealkylation sites (tertiary alicyclic amines) is 1. The van der Waals surface area contributed by atoms with Gasteiger partial charge in [-0.25, -0.2) is 0 Å². The molecule has 2 aliphatic heterocycles. The fourth-order valence-corrected chi connectivity index (χ4v) is 4.53. The molecular formula is C18H28N2OS. The topological polar surface area (TPSA) is 15.7 Å². The van der Waals surface area contributed by atoms with Gasteiger partial charge in [0.2, 0.25) is 0 Å². The lowest BCUT2D eigenvalue weighted by atomic mass is 10.0. The summed E-state index contributed by atoms with van der Waals surface area (Å²) in [5.41, 5.74) is 1.44. The van der Waals surface area contributed by atoms with Gasteiger partial charge in [0.25, 0.3) is 0 Å². The molecule has 2 heterocycles. The van der Waals surface area contributed by atoms with E-state index in [0.29, 0.717) is 0 Å². The molecule has 22 heavy (non-hydrogen) atoms. The van der Waals surface area contributed by atoms with Crippen LogP contribution in [-0.4, -0.2) is 67.5 Å². The van der Waals surface area contributed by atoms with Gasteiger partial charge in [-0.15, -0.1) is 0 Å². The maximum atomic E-state index is 5.48. The number of thioether (sulfide) groups is 1. The van der Waals surface area contributed by atoms with Crippen molar-refractivity contribution in [2.24, 2.45) is 5.92 Å². The average Bonchev–Trinajstić information content (AvgIpc) is 2.94. The van der Waals surface area contributed by atoms with E-state index >= 15 is 0 Å². The Labute approximate surface area is 139 Å². The van der Waals surface area contributed by atoms with Crippen LogP contribution in [0.15, 0.2) is 30.3 Å². The Morgan fingerprint density at radius 1 is 1.14 bits per heavy atom. The molecule has 0 saturated carbocycles. The normalized spacial score (nSPS) is 27.3. The third-order valence-electron chi connectivity index (χ3n) is 4.83. The van der Waals surface area contributed by atoms with Crippen LogP contribution in [0.25, 0.3) is 0 Å². The van der Waals surface area contributed by atoms with Crippen LogP contribution < -0.4 is 0 Å².